The number of aliphatic imine (C=N–C) groups is 1. The van der Waals surface area contributed by atoms with E-state index in [4.69, 9.17) is 9.15 Å². The smallest absolute Gasteiger partial charge is 0.313 e. The number of hydrogen-bond acceptors (Lipinski definition) is 5. The summed E-state index contributed by atoms with van der Waals surface area (Å²) < 4.78 is 10.8. The zero-order valence-corrected chi connectivity index (χ0v) is 17.1. The van der Waals surface area contributed by atoms with Gasteiger partial charge in [0.05, 0.1) is 25.6 Å². The highest BCUT2D eigenvalue weighted by atomic mass is 16.5. The van der Waals surface area contributed by atoms with Gasteiger partial charge in [-0.15, -0.1) is 0 Å². The van der Waals surface area contributed by atoms with Crippen LogP contribution in [0.1, 0.15) is 22.6 Å². The van der Waals surface area contributed by atoms with Crippen LogP contribution in [-0.4, -0.2) is 25.1 Å². The lowest BCUT2D eigenvalue weighted by Gasteiger charge is -2.07. The summed E-state index contributed by atoms with van der Waals surface area (Å²) in [4.78, 5) is 28.4. The first-order valence-corrected chi connectivity index (χ1v) is 9.38. The van der Waals surface area contributed by atoms with Crippen LogP contribution in [0.3, 0.4) is 0 Å². The maximum absolute atomic E-state index is 12.1. The SMILES string of the molecule is COc1cccc(N=Cc2ccc(CNC(=O)C(=O)Nc3ccc(C)c(C)c3)o2)c1. The largest absolute Gasteiger partial charge is 0.497 e. The summed E-state index contributed by atoms with van der Waals surface area (Å²) in [6.45, 7) is 4.01. The number of carbonyl (C=O) groups is 2. The van der Waals surface area contributed by atoms with Crippen LogP contribution < -0.4 is 15.4 Å². The fourth-order valence-corrected chi connectivity index (χ4v) is 2.64. The second-order valence-corrected chi connectivity index (χ2v) is 6.70. The van der Waals surface area contributed by atoms with Crippen LogP contribution >= 0.6 is 0 Å². The molecule has 2 aromatic carbocycles. The van der Waals surface area contributed by atoms with Gasteiger partial charge in [0.15, 0.2) is 0 Å². The van der Waals surface area contributed by atoms with E-state index in [9.17, 15) is 9.59 Å². The Kier molecular flexibility index (Phi) is 6.64. The molecule has 0 fully saturated rings. The van der Waals surface area contributed by atoms with Crippen molar-refractivity contribution in [3.63, 3.8) is 0 Å². The molecule has 0 spiro atoms. The molecule has 0 saturated heterocycles. The standard InChI is InChI=1S/C23H23N3O4/c1-15-7-8-18(11-16(15)2)26-23(28)22(27)25-14-21-10-9-20(30-21)13-24-17-5-4-6-19(12-17)29-3/h4-13H,14H2,1-3H3,(H,25,27)(H,26,28). The second kappa shape index (κ2) is 9.56. The monoisotopic (exact) mass is 405 g/mol. The number of rotatable bonds is 6. The molecule has 7 heteroatoms. The number of anilines is 1. The molecule has 0 aliphatic carbocycles. The van der Waals surface area contributed by atoms with Gasteiger partial charge < -0.3 is 19.8 Å². The van der Waals surface area contributed by atoms with Crippen molar-refractivity contribution in [2.75, 3.05) is 12.4 Å². The van der Waals surface area contributed by atoms with Crippen molar-refractivity contribution in [2.45, 2.75) is 20.4 Å². The van der Waals surface area contributed by atoms with Crippen LogP contribution in [0.4, 0.5) is 11.4 Å². The van der Waals surface area contributed by atoms with Gasteiger partial charge in [-0.2, -0.15) is 0 Å². The minimum absolute atomic E-state index is 0.0895. The quantitative estimate of drug-likeness (QED) is 0.480. The third kappa shape index (κ3) is 5.57. The molecule has 7 nitrogen and oxygen atoms in total. The Morgan fingerprint density at radius 1 is 1.03 bits per heavy atom. The van der Waals surface area contributed by atoms with Gasteiger partial charge in [-0.1, -0.05) is 12.1 Å². The molecular weight excluding hydrogens is 382 g/mol. The summed E-state index contributed by atoms with van der Waals surface area (Å²) >= 11 is 0. The van der Waals surface area contributed by atoms with E-state index < -0.39 is 11.8 Å². The molecule has 0 radical (unpaired) electrons. The van der Waals surface area contributed by atoms with E-state index in [1.807, 2.05) is 44.2 Å². The van der Waals surface area contributed by atoms with E-state index >= 15 is 0 Å². The Morgan fingerprint density at radius 3 is 2.63 bits per heavy atom. The number of benzene rings is 2. The topological polar surface area (TPSA) is 92.9 Å². The first-order chi connectivity index (χ1) is 14.4. The lowest BCUT2D eigenvalue weighted by atomic mass is 10.1. The number of hydrogen-bond donors (Lipinski definition) is 2. The highest BCUT2D eigenvalue weighted by Gasteiger charge is 2.14. The molecule has 2 N–H and O–H groups in total. The van der Waals surface area contributed by atoms with Gasteiger partial charge >= 0.3 is 11.8 Å². The van der Waals surface area contributed by atoms with Crippen molar-refractivity contribution in [1.29, 1.82) is 0 Å². The van der Waals surface area contributed by atoms with Crippen LogP contribution in [0.5, 0.6) is 5.75 Å². The number of aryl methyl sites for hydroxylation is 2. The summed E-state index contributed by atoms with van der Waals surface area (Å²) in [6.07, 6.45) is 1.58. The molecule has 0 bridgehead atoms. The summed E-state index contributed by atoms with van der Waals surface area (Å²) in [7, 11) is 1.60. The highest BCUT2D eigenvalue weighted by molar-refractivity contribution is 6.39. The van der Waals surface area contributed by atoms with E-state index in [2.05, 4.69) is 15.6 Å². The van der Waals surface area contributed by atoms with Crippen molar-refractivity contribution >= 4 is 29.4 Å². The predicted molar refractivity (Wildman–Crippen MR) is 115 cm³/mol. The Morgan fingerprint density at radius 2 is 1.87 bits per heavy atom. The Labute approximate surface area is 174 Å². The Bertz CT molecular complexity index is 1090. The number of furan rings is 1. The first kappa shape index (κ1) is 20.9. The summed E-state index contributed by atoms with van der Waals surface area (Å²) in [5.74, 6) is 0.281. The van der Waals surface area contributed by atoms with Gasteiger partial charge in [-0.3, -0.25) is 14.6 Å². The molecular formula is C23H23N3O4. The molecule has 0 aliphatic rings. The van der Waals surface area contributed by atoms with Crippen molar-refractivity contribution in [3.05, 3.63) is 77.2 Å². The van der Waals surface area contributed by atoms with E-state index in [1.54, 1.807) is 37.6 Å². The van der Waals surface area contributed by atoms with Crippen molar-refractivity contribution in [3.8, 4) is 5.75 Å². The van der Waals surface area contributed by atoms with Gasteiger partial charge in [0.1, 0.15) is 17.3 Å². The van der Waals surface area contributed by atoms with Crippen LogP contribution in [-0.2, 0) is 16.1 Å². The lowest BCUT2D eigenvalue weighted by Crippen LogP contribution is -2.34. The zero-order chi connectivity index (χ0) is 21.5. The predicted octanol–water partition coefficient (Wildman–Crippen LogP) is 3.91. The molecule has 0 aliphatic heterocycles. The fraction of sp³-hybridized carbons (Fsp3) is 0.174. The number of ether oxygens (including phenoxy) is 1. The van der Waals surface area contributed by atoms with Crippen LogP contribution in [0, 0.1) is 13.8 Å². The van der Waals surface area contributed by atoms with Crippen molar-refractivity contribution in [1.82, 2.24) is 5.32 Å². The molecule has 3 rings (SSSR count). The number of carbonyl (C=O) groups excluding carboxylic acids is 2. The third-order valence-electron chi connectivity index (χ3n) is 4.47. The van der Waals surface area contributed by atoms with Gasteiger partial charge in [-0.25, -0.2) is 0 Å². The fourth-order valence-electron chi connectivity index (χ4n) is 2.64. The average Bonchev–Trinajstić information content (AvgIpc) is 3.21. The number of nitrogens with one attached hydrogen (secondary N) is 2. The molecule has 0 saturated carbocycles. The summed E-state index contributed by atoms with van der Waals surface area (Å²) in [5, 5.41) is 5.13. The maximum atomic E-state index is 12.1. The summed E-state index contributed by atoms with van der Waals surface area (Å²) in [5.41, 5.74) is 3.45. The van der Waals surface area contributed by atoms with Crippen LogP contribution in [0.2, 0.25) is 0 Å². The van der Waals surface area contributed by atoms with E-state index in [0.717, 1.165) is 16.8 Å². The van der Waals surface area contributed by atoms with E-state index in [0.29, 0.717) is 23.0 Å². The molecule has 3 aromatic rings. The van der Waals surface area contributed by atoms with Gasteiger partial charge in [0.2, 0.25) is 0 Å². The first-order valence-electron chi connectivity index (χ1n) is 9.38. The number of amides is 2. The molecule has 0 unspecified atom stereocenters. The molecule has 1 aromatic heterocycles. The van der Waals surface area contributed by atoms with Crippen molar-refractivity contribution in [2.24, 2.45) is 4.99 Å². The van der Waals surface area contributed by atoms with Gasteiger partial charge in [0, 0.05) is 11.8 Å². The molecule has 0 atom stereocenters. The molecule has 2 amide bonds. The Balaban J connectivity index is 1.52. The lowest BCUT2D eigenvalue weighted by molar-refractivity contribution is -0.136. The zero-order valence-electron chi connectivity index (χ0n) is 17.1. The molecule has 1 heterocycles. The third-order valence-corrected chi connectivity index (χ3v) is 4.47. The number of methoxy groups -OCH3 is 1. The minimum atomic E-state index is -0.740. The van der Waals surface area contributed by atoms with Gasteiger partial charge in [0.25, 0.3) is 0 Å². The normalized spacial score (nSPS) is 10.8. The second-order valence-electron chi connectivity index (χ2n) is 6.70. The van der Waals surface area contributed by atoms with E-state index in [-0.39, 0.29) is 6.54 Å². The van der Waals surface area contributed by atoms with E-state index in [1.165, 1.54) is 0 Å². The summed E-state index contributed by atoms with van der Waals surface area (Å²) in [6, 6.07) is 16.2. The maximum Gasteiger partial charge on any atom is 0.313 e. The molecule has 30 heavy (non-hydrogen) atoms. The van der Waals surface area contributed by atoms with Crippen molar-refractivity contribution < 1.29 is 18.7 Å². The highest BCUT2D eigenvalue weighted by Crippen LogP contribution is 2.19. The Hall–Kier alpha value is -3.87. The average molecular weight is 405 g/mol. The van der Waals surface area contributed by atoms with Crippen LogP contribution in [0.15, 0.2) is 64.0 Å². The number of nitrogens with zero attached hydrogens (tertiary/aromatic N) is 1. The minimum Gasteiger partial charge on any atom is -0.497 e. The van der Waals surface area contributed by atoms with Gasteiger partial charge in [-0.05, 0) is 61.4 Å². The van der Waals surface area contributed by atoms with Crippen LogP contribution in [0.25, 0.3) is 0 Å². The molecule has 154 valence electrons.